The van der Waals surface area contributed by atoms with Gasteiger partial charge in [0.05, 0.1) is 0 Å². The maximum atomic E-state index is 9.75. The Morgan fingerprint density at radius 2 is 1.38 bits per heavy atom. The van der Waals surface area contributed by atoms with E-state index < -0.39 is 7.25 Å². The molecule has 0 aromatic rings. The van der Waals surface area contributed by atoms with Gasteiger partial charge in [0.2, 0.25) is 0 Å². The number of hydrogen-bond acceptors (Lipinski definition) is 0. The van der Waals surface area contributed by atoms with Crippen molar-refractivity contribution >= 4 is 7.25 Å². The molecule has 0 N–H and O–H groups in total. The van der Waals surface area contributed by atoms with Crippen LogP contribution >= 0.6 is 0 Å². The molecule has 0 unspecified atom stereocenters. The molecule has 0 saturated carbocycles. The lowest BCUT2D eigenvalue weighted by atomic mass is 9.90. The first-order valence-corrected chi connectivity index (χ1v) is 4.28. The highest BCUT2D eigenvalue weighted by Gasteiger charge is 2.20. The smallest absolute Gasteiger partial charge is 0.418 e. The Morgan fingerprint density at radius 1 is 1.08 bits per heavy atom. The fraction of sp³-hybridized carbons (Fsp3) is 0.875. The molecule has 0 aliphatic carbocycles. The quantitative estimate of drug-likeness (QED) is 0.459. The van der Waals surface area contributed by atoms with Crippen LogP contribution in [0.3, 0.4) is 0 Å². The van der Waals surface area contributed by atoms with Crippen LogP contribution in [0.4, 0.5) is 17.3 Å². The van der Waals surface area contributed by atoms with Crippen LogP contribution in [0.2, 0.25) is 0 Å². The average Bonchev–Trinajstić information content (AvgIpc) is 1.77. The maximum Gasteiger partial charge on any atom is 0.673 e. The summed E-state index contributed by atoms with van der Waals surface area (Å²) in [4.78, 5) is 0. The molecular weight excluding hydrogens is 183 g/mol. The topological polar surface area (TPSA) is 0 Å². The molecule has 0 heterocycles. The third kappa shape index (κ3) is 49.3. The molecule has 0 rings (SSSR count). The molecule has 0 aromatic carbocycles. The van der Waals surface area contributed by atoms with Gasteiger partial charge >= 0.3 is 7.25 Å². The molecule has 0 spiro atoms. The summed E-state index contributed by atoms with van der Waals surface area (Å²) < 4.78 is 39.0. The van der Waals surface area contributed by atoms with E-state index in [9.17, 15) is 17.3 Å². The van der Waals surface area contributed by atoms with E-state index in [4.69, 9.17) is 0 Å². The average molecular weight is 200 g/mol. The summed E-state index contributed by atoms with van der Waals surface area (Å²) in [6.45, 7) is 8.93. The molecule has 0 nitrogen and oxygen atoms in total. The van der Waals surface area contributed by atoms with E-state index in [1.807, 2.05) is 0 Å². The van der Waals surface area contributed by atoms with E-state index in [-0.39, 0.29) is 0 Å². The van der Waals surface area contributed by atoms with Crippen LogP contribution in [0.15, 0.2) is 0 Å². The first-order chi connectivity index (χ1) is 5.56. The van der Waals surface area contributed by atoms with Crippen LogP contribution in [0.1, 0.15) is 40.5 Å². The lowest BCUT2D eigenvalue weighted by molar-refractivity contribution is 0.368. The van der Waals surface area contributed by atoms with Crippen molar-refractivity contribution in [2.24, 2.45) is 5.41 Å². The molecule has 13 heavy (non-hydrogen) atoms. The number of hydrogen-bond donors (Lipinski definition) is 0. The zero-order chi connectivity index (χ0) is 11.1. The highest BCUT2D eigenvalue weighted by molar-refractivity contribution is 6.50. The van der Waals surface area contributed by atoms with Gasteiger partial charge in [-0.05, 0) is 18.3 Å². The van der Waals surface area contributed by atoms with Gasteiger partial charge in [-0.3, -0.25) is 0 Å². The fourth-order valence-electron chi connectivity index (χ4n) is 0.577. The predicted molar refractivity (Wildman–Crippen MR) is 48.8 cm³/mol. The van der Waals surface area contributed by atoms with Gasteiger partial charge in [-0.15, -0.1) is 0 Å². The van der Waals surface area contributed by atoms with Crippen molar-refractivity contribution in [2.45, 2.75) is 40.5 Å². The van der Waals surface area contributed by atoms with Crippen LogP contribution in [-0.2, 0) is 0 Å². The van der Waals surface area contributed by atoms with E-state index in [1.165, 1.54) is 12.8 Å². The summed E-state index contributed by atoms with van der Waals surface area (Å²) in [5.41, 5.74) is 0.427. The number of unbranched alkanes of at least 4 members (excludes halogenated alkanes) is 1. The van der Waals surface area contributed by atoms with E-state index in [1.54, 1.807) is 0 Å². The Hall–Kier alpha value is -0.215. The first kappa shape index (κ1) is 15.3. The molecule has 0 amide bonds. The summed E-state index contributed by atoms with van der Waals surface area (Å²) in [7, 11) is -6.00. The first-order valence-electron chi connectivity index (χ1n) is 4.28. The highest BCUT2D eigenvalue weighted by atomic mass is 19.5. The van der Waals surface area contributed by atoms with Crippen molar-refractivity contribution < 1.29 is 17.3 Å². The van der Waals surface area contributed by atoms with Gasteiger partial charge < -0.3 is 17.3 Å². The van der Waals surface area contributed by atoms with Crippen LogP contribution in [0.25, 0.3) is 0 Å². The Morgan fingerprint density at radius 3 is 1.46 bits per heavy atom. The van der Waals surface area contributed by atoms with Crippen LogP contribution < -0.4 is 0 Å². The molecular formula is C8H17BF4-. The van der Waals surface area contributed by atoms with Crippen molar-refractivity contribution in [3.05, 3.63) is 6.42 Å². The minimum absolute atomic E-state index is 0.427. The van der Waals surface area contributed by atoms with Crippen molar-refractivity contribution in [3.8, 4) is 0 Å². The van der Waals surface area contributed by atoms with Gasteiger partial charge in [-0.2, -0.15) is 0 Å². The molecule has 0 aliphatic heterocycles. The van der Waals surface area contributed by atoms with Crippen molar-refractivity contribution in [1.29, 1.82) is 0 Å². The molecule has 0 saturated heterocycles. The predicted octanol–water partition coefficient (Wildman–Crippen LogP) is 4.34. The monoisotopic (exact) mass is 200 g/mol. The lowest BCUT2D eigenvalue weighted by Crippen LogP contribution is -2.04. The number of rotatable bonds is 2. The van der Waals surface area contributed by atoms with E-state index in [0.29, 0.717) is 5.41 Å². The Kier molecular flexibility index (Phi) is 7.36. The van der Waals surface area contributed by atoms with Gasteiger partial charge in [-0.25, -0.2) is 0 Å². The third-order valence-electron chi connectivity index (χ3n) is 1.05. The molecule has 81 valence electrons. The molecule has 1 radical (unpaired) electrons. The molecule has 0 aliphatic rings. The standard InChI is InChI=1S/C8H17.BF4/c1-5-6-7-8(2,3)4;2-1(3,4)5/h7H,5-6H2,1-4H3;/q;-1. The molecule has 0 bridgehead atoms. The second kappa shape index (κ2) is 6.27. The van der Waals surface area contributed by atoms with Crippen molar-refractivity contribution in [2.75, 3.05) is 0 Å². The SMILES string of the molecule is CCC[CH]C(C)(C)C.F[B-](F)(F)F. The third-order valence-corrected chi connectivity index (χ3v) is 1.05. The molecule has 5 heteroatoms. The summed E-state index contributed by atoms with van der Waals surface area (Å²) in [5, 5.41) is 0. The summed E-state index contributed by atoms with van der Waals surface area (Å²) in [5.74, 6) is 0. The van der Waals surface area contributed by atoms with E-state index in [0.717, 1.165) is 0 Å². The summed E-state index contributed by atoms with van der Waals surface area (Å²) in [6.07, 6.45) is 4.90. The van der Waals surface area contributed by atoms with Gasteiger partial charge in [-0.1, -0.05) is 34.1 Å². The fourth-order valence-corrected chi connectivity index (χ4v) is 0.577. The Labute approximate surface area is 77.8 Å². The van der Waals surface area contributed by atoms with Gasteiger partial charge in [0.1, 0.15) is 0 Å². The normalized spacial score (nSPS) is 12.0. The largest absolute Gasteiger partial charge is 0.673 e. The zero-order valence-corrected chi connectivity index (χ0v) is 8.58. The summed E-state index contributed by atoms with van der Waals surface area (Å²) >= 11 is 0. The maximum absolute atomic E-state index is 9.75. The van der Waals surface area contributed by atoms with Crippen molar-refractivity contribution in [3.63, 3.8) is 0 Å². The highest BCUT2D eigenvalue weighted by Crippen LogP contribution is 2.19. The molecule has 0 atom stereocenters. The van der Waals surface area contributed by atoms with E-state index >= 15 is 0 Å². The van der Waals surface area contributed by atoms with E-state index in [2.05, 4.69) is 34.1 Å². The minimum Gasteiger partial charge on any atom is -0.418 e. The Balaban J connectivity index is 0. The lowest BCUT2D eigenvalue weighted by Gasteiger charge is -2.15. The van der Waals surface area contributed by atoms with Gasteiger partial charge in [0.15, 0.2) is 0 Å². The van der Waals surface area contributed by atoms with Crippen molar-refractivity contribution in [1.82, 2.24) is 0 Å². The van der Waals surface area contributed by atoms with Crippen LogP contribution in [0, 0.1) is 11.8 Å². The number of halogens is 4. The van der Waals surface area contributed by atoms with Crippen LogP contribution in [-0.4, -0.2) is 7.25 Å². The minimum atomic E-state index is -6.00. The molecule has 0 aromatic heterocycles. The second-order valence-corrected chi connectivity index (χ2v) is 3.85. The van der Waals surface area contributed by atoms with Gasteiger partial charge in [0.25, 0.3) is 0 Å². The van der Waals surface area contributed by atoms with Crippen LogP contribution in [0.5, 0.6) is 0 Å². The summed E-state index contributed by atoms with van der Waals surface area (Å²) in [6, 6.07) is 0. The molecule has 0 fully saturated rings. The van der Waals surface area contributed by atoms with Gasteiger partial charge in [0, 0.05) is 0 Å². The zero-order valence-electron chi connectivity index (χ0n) is 8.58. The second-order valence-electron chi connectivity index (χ2n) is 3.85. The Bertz CT molecular complexity index is 108.